The largest absolute Gasteiger partial charge is 0.481 e. The minimum atomic E-state index is -0.847. The second kappa shape index (κ2) is 30.9. The number of hydrogen-bond donors (Lipinski definition) is 3. The summed E-state index contributed by atoms with van der Waals surface area (Å²) in [6, 6.07) is 39.1. The van der Waals surface area contributed by atoms with Crippen LogP contribution in [0.4, 0.5) is 17.3 Å². The molecular weight excluding hydrogens is 1440 g/mol. The molecule has 1 aliphatic heterocycles. The van der Waals surface area contributed by atoms with Crippen LogP contribution in [0.5, 0.6) is 0 Å². The number of aryl methyl sites for hydroxylation is 4. The summed E-state index contributed by atoms with van der Waals surface area (Å²) in [5, 5.41) is 9.62. The number of anilines is 2. The van der Waals surface area contributed by atoms with E-state index in [-0.39, 0.29) is 34.7 Å². The van der Waals surface area contributed by atoms with E-state index >= 15 is 0 Å². The highest BCUT2D eigenvalue weighted by Gasteiger charge is 2.24. The molecule has 97 heavy (non-hydrogen) atoms. The van der Waals surface area contributed by atoms with Gasteiger partial charge in [-0.15, -0.1) is 0 Å². The number of nitrogens with zero attached hydrogens (tertiary/aromatic N) is 12. The minimum absolute atomic E-state index is 0.00287. The van der Waals surface area contributed by atoms with Crippen LogP contribution in [0.25, 0.3) is 45.5 Å². The van der Waals surface area contributed by atoms with Gasteiger partial charge >= 0.3 is 23.0 Å². The predicted octanol–water partition coefficient (Wildman–Crippen LogP) is 9.59. The first-order valence-corrected chi connectivity index (χ1v) is 32.5. The molecule has 28 heteroatoms. The number of benzene rings is 5. The molecule has 0 saturated heterocycles. The highest BCUT2D eigenvalue weighted by atomic mass is 79.9. The number of rotatable bonds is 12. The van der Waals surface area contributed by atoms with Crippen molar-refractivity contribution in [3.05, 3.63) is 268 Å². The summed E-state index contributed by atoms with van der Waals surface area (Å²) >= 11 is 10.3. The molecule has 0 aliphatic carbocycles. The monoisotopic (exact) mass is 1500 g/mol. The molecule has 0 atom stereocenters. The number of nitrogen functional groups attached to an aromatic ring is 2. The lowest BCUT2D eigenvalue weighted by Crippen LogP contribution is -2.39. The van der Waals surface area contributed by atoms with Crippen molar-refractivity contribution in [2.75, 3.05) is 11.5 Å². The van der Waals surface area contributed by atoms with Crippen molar-refractivity contribution in [2.24, 2.45) is 47.3 Å². The van der Waals surface area contributed by atoms with Crippen LogP contribution >= 0.6 is 47.8 Å². The summed E-state index contributed by atoms with van der Waals surface area (Å²) in [6.07, 6.45) is 6.34. The van der Waals surface area contributed by atoms with Crippen molar-refractivity contribution in [3.8, 4) is 34.4 Å². The average molecular weight is 1510 g/mol. The number of imidazole rings is 1. The number of carbonyl (C=O) groups is 1. The Balaban J connectivity index is 0.000000154. The van der Waals surface area contributed by atoms with Crippen molar-refractivity contribution in [3.63, 3.8) is 0 Å². The first-order valence-electron chi connectivity index (χ1n) is 29.8. The molecule has 1 aliphatic rings. The van der Waals surface area contributed by atoms with Crippen LogP contribution in [0, 0.1) is 20.8 Å². The molecule has 0 amide bonds. The number of carboxylic acid groups (broad SMARTS) is 1. The number of oxazole rings is 3. The Labute approximate surface area is 578 Å². The van der Waals surface area contributed by atoms with Crippen molar-refractivity contribution in [1.82, 2.24) is 51.9 Å². The van der Waals surface area contributed by atoms with E-state index in [4.69, 9.17) is 34.8 Å². The highest BCUT2D eigenvalue weighted by Crippen LogP contribution is 2.27. The van der Waals surface area contributed by atoms with E-state index in [2.05, 4.69) is 79.9 Å². The molecule has 7 aromatic heterocycles. The van der Waals surface area contributed by atoms with Gasteiger partial charge in [-0.25, -0.2) is 39.3 Å². The fourth-order valence-corrected chi connectivity index (χ4v) is 11.6. The summed E-state index contributed by atoms with van der Waals surface area (Å²) in [6.45, 7) is 6.05. The molecule has 0 spiro atoms. The summed E-state index contributed by atoms with van der Waals surface area (Å²) in [7, 11) is 9.05. The molecule has 500 valence electrons. The molecule has 0 saturated carbocycles. The molecule has 13 rings (SSSR count). The smallest absolute Gasteiger partial charge is 0.332 e. The van der Waals surface area contributed by atoms with Crippen LogP contribution in [0.2, 0.25) is 0 Å². The number of aliphatic imine (C=N–C) groups is 1. The lowest BCUT2D eigenvalue weighted by Gasteiger charge is -2.11. The first kappa shape index (κ1) is 70.7. The van der Waals surface area contributed by atoms with Gasteiger partial charge in [0.1, 0.15) is 41.9 Å². The van der Waals surface area contributed by atoms with Gasteiger partial charge in [0.15, 0.2) is 11.2 Å². The molecule has 5 aromatic carbocycles. The van der Waals surface area contributed by atoms with Gasteiger partial charge in [-0.3, -0.25) is 46.6 Å². The number of alkyl halides is 1. The van der Waals surface area contributed by atoms with E-state index in [9.17, 15) is 33.6 Å². The number of nitrogens with two attached hydrogens (primary N) is 2. The van der Waals surface area contributed by atoms with E-state index in [1.807, 2.05) is 116 Å². The Hall–Kier alpha value is -10.6. The summed E-state index contributed by atoms with van der Waals surface area (Å²) < 4.78 is 27.4. The Morgan fingerprint density at radius 1 is 0.526 bits per heavy atom. The van der Waals surface area contributed by atoms with E-state index < -0.39 is 22.9 Å². The van der Waals surface area contributed by atoms with E-state index in [1.54, 1.807) is 51.1 Å². The maximum atomic E-state index is 13.1. The van der Waals surface area contributed by atoms with Crippen LogP contribution in [0.3, 0.4) is 0 Å². The fourth-order valence-electron chi connectivity index (χ4n) is 10.3. The zero-order valence-electron chi connectivity index (χ0n) is 54.2. The molecule has 25 nitrogen and oxygen atoms in total. The molecule has 0 unspecified atom stereocenters. The van der Waals surface area contributed by atoms with Gasteiger partial charge in [0, 0.05) is 105 Å². The lowest BCUT2D eigenvalue weighted by molar-refractivity contribution is -0.136. The third kappa shape index (κ3) is 16.7. The third-order valence-corrected chi connectivity index (χ3v) is 17.0. The fraction of sp³-hybridized carbons (Fsp3) is 0.217. The highest BCUT2D eigenvalue weighted by molar-refractivity contribution is 9.10. The Morgan fingerprint density at radius 3 is 1.46 bits per heavy atom. The van der Waals surface area contributed by atoms with Gasteiger partial charge in [-0.1, -0.05) is 108 Å². The third-order valence-electron chi connectivity index (χ3n) is 15.3. The number of fused-ring (bicyclic) bond motifs is 2. The number of aliphatic carboxylic acids is 1. The number of halogens is 3. The molecule has 0 radical (unpaired) electrons. The number of carboxylic acids is 1. The van der Waals surface area contributed by atoms with E-state index in [0.29, 0.717) is 71.8 Å². The second-order valence-electron chi connectivity index (χ2n) is 22.7. The number of aromatic nitrogens is 11. The summed E-state index contributed by atoms with van der Waals surface area (Å²) in [5.74, 6) is 1.96. The topological polar surface area (TPSA) is 330 Å². The SMILES string of the molecule is BrCc1cccc(Br)c1.Cc1coc(-c2cccc(CC(=O)O)c2)n1.Cc1coc(-c2cccc(CC3=Nc4c(c(=O)n(C)c(=O)n4C)C3)c2)n1.Cc1coc(-c2cccc(Cc3nc4c(c(=O)n(C)c(=O)n4C)n3Cc3cccc(Br)c3)c2)n1.Cn1c(N)c(N)c(=O)n(C)c1=O. The molecule has 0 bridgehead atoms. The van der Waals surface area contributed by atoms with Gasteiger partial charge in [0.25, 0.3) is 16.7 Å². The molecule has 12 aromatic rings. The molecule has 5 N–H and O–H groups in total. The van der Waals surface area contributed by atoms with Crippen LogP contribution in [-0.4, -0.2) is 68.7 Å². The maximum Gasteiger partial charge on any atom is 0.332 e. The Kier molecular flexibility index (Phi) is 22.5. The molecule has 0 fully saturated rings. The number of hydrogen-bond acceptors (Lipinski definition) is 17. The van der Waals surface area contributed by atoms with Crippen LogP contribution in [0.15, 0.2) is 196 Å². The van der Waals surface area contributed by atoms with Crippen molar-refractivity contribution >= 4 is 88.0 Å². The van der Waals surface area contributed by atoms with Crippen LogP contribution in [0.1, 0.15) is 56.3 Å². The normalized spacial score (nSPS) is 11.3. The zero-order valence-corrected chi connectivity index (χ0v) is 59.0. The van der Waals surface area contributed by atoms with Gasteiger partial charge < -0.3 is 34.4 Å². The second-order valence-corrected chi connectivity index (χ2v) is 25.1. The molecule has 8 heterocycles. The first-order chi connectivity index (χ1) is 46.2. The van der Waals surface area contributed by atoms with E-state index in [1.165, 1.54) is 42.9 Å². The van der Waals surface area contributed by atoms with Gasteiger partial charge in [-0.2, -0.15) is 0 Å². The average Bonchev–Trinajstić information content (AvgIpc) is 1.58. The summed E-state index contributed by atoms with van der Waals surface area (Å²) in [5.41, 5.74) is 20.5. The van der Waals surface area contributed by atoms with Crippen molar-refractivity contribution in [2.45, 2.75) is 58.3 Å². The molecular formula is C69H67Br3N14O11. The van der Waals surface area contributed by atoms with Crippen molar-refractivity contribution in [1.29, 1.82) is 0 Å². The van der Waals surface area contributed by atoms with Gasteiger partial charge in [0.05, 0.1) is 29.1 Å². The summed E-state index contributed by atoms with van der Waals surface area (Å²) in [4.78, 5) is 105. The Morgan fingerprint density at radius 2 is 0.969 bits per heavy atom. The van der Waals surface area contributed by atoms with Crippen molar-refractivity contribution < 1.29 is 23.2 Å². The van der Waals surface area contributed by atoms with Gasteiger partial charge in [-0.05, 0) is 109 Å². The van der Waals surface area contributed by atoms with E-state index in [0.717, 1.165) is 94.3 Å². The predicted molar refractivity (Wildman–Crippen MR) is 382 cm³/mol. The Bertz CT molecular complexity index is 5320. The zero-order chi connectivity index (χ0) is 70.1. The standard InChI is InChI=1S/C25H22BrN5O3.C19H18N4O3.C12H11NO3.C7H6Br2.C6H10N4O2/c1-15-14-34-23(27-15)18-8-4-6-16(10-18)12-20-28-22-21(24(32)30(3)25(33)29(22)2)31(20)13-17-7-5-9-19(26)11-17;1-11-10-26-17(20-11)13-6-4-5-12(7-13)8-14-9-15-16(21-14)22(2)19(25)23(3)18(15)24;1-8-7-16-12(13-8)10-4-2-3-9(5-10)6-11(14)15;8-5-6-2-1-3-7(9)4-6;1-9-4(8)3(7)5(11)10(2)6(9)12/h4-11,14H,12-13H2,1-3H3;4-7,10H,8-9H2,1-3H3;2-5,7H,6H2,1H3,(H,14,15);1-4H,5H2;7-8H2,1-2H3. The van der Waals surface area contributed by atoms with Gasteiger partial charge in [0.2, 0.25) is 17.7 Å². The quantitative estimate of drug-likeness (QED) is 0.0958. The minimum Gasteiger partial charge on any atom is -0.481 e. The lowest BCUT2D eigenvalue weighted by atomic mass is 10.0. The maximum absolute atomic E-state index is 13.1. The van der Waals surface area contributed by atoms with Crippen LogP contribution in [-0.2, 0) is 84.6 Å². The van der Waals surface area contributed by atoms with Crippen LogP contribution < -0.4 is 45.2 Å².